The van der Waals surface area contributed by atoms with Gasteiger partial charge in [0.2, 0.25) is 11.7 Å². The van der Waals surface area contributed by atoms with Crippen molar-refractivity contribution < 1.29 is 8.91 Å². The van der Waals surface area contributed by atoms with Crippen molar-refractivity contribution >= 4 is 0 Å². The molecular formula is C16H20FN3O. The number of benzene rings is 1. The molecule has 0 aliphatic heterocycles. The van der Waals surface area contributed by atoms with Crippen LogP contribution in [0.5, 0.6) is 0 Å². The van der Waals surface area contributed by atoms with Crippen molar-refractivity contribution in [1.29, 1.82) is 0 Å². The number of hydrogen-bond acceptors (Lipinski definition) is 4. The first-order valence-corrected chi connectivity index (χ1v) is 7.47. The molecule has 1 fully saturated rings. The standard InChI is InChI=1S/C16H20FN3O/c1-10-2-5-13(8-14(10)17)15-19-16(21-20-15)12-6-3-11(9-18)4-7-12/h2,5,8,11-12H,3-4,6-7,9,18H2,1H3. The van der Waals surface area contributed by atoms with E-state index >= 15 is 0 Å². The summed E-state index contributed by atoms with van der Waals surface area (Å²) in [5, 5.41) is 3.99. The van der Waals surface area contributed by atoms with Gasteiger partial charge in [-0.15, -0.1) is 0 Å². The fourth-order valence-corrected chi connectivity index (χ4v) is 2.90. The van der Waals surface area contributed by atoms with Crippen LogP contribution in [0.1, 0.15) is 43.1 Å². The molecule has 0 atom stereocenters. The Morgan fingerprint density at radius 3 is 2.71 bits per heavy atom. The predicted molar refractivity (Wildman–Crippen MR) is 78.2 cm³/mol. The molecule has 4 nitrogen and oxygen atoms in total. The molecule has 3 rings (SSSR count). The van der Waals surface area contributed by atoms with Gasteiger partial charge in [0.05, 0.1) is 0 Å². The molecule has 0 spiro atoms. The zero-order valence-electron chi connectivity index (χ0n) is 12.2. The molecule has 21 heavy (non-hydrogen) atoms. The van der Waals surface area contributed by atoms with Crippen molar-refractivity contribution in [2.24, 2.45) is 11.7 Å². The Kier molecular flexibility index (Phi) is 4.01. The second kappa shape index (κ2) is 5.93. The predicted octanol–water partition coefficient (Wildman–Crippen LogP) is 3.42. The summed E-state index contributed by atoms with van der Waals surface area (Å²) in [5.74, 6) is 1.81. The molecule has 0 radical (unpaired) electrons. The van der Waals surface area contributed by atoms with Crippen LogP contribution >= 0.6 is 0 Å². The number of nitrogens with two attached hydrogens (primary N) is 1. The maximum Gasteiger partial charge on any atom is 0.230 e. The minimum atomic E-state index is -0.248. The monoisotopic (exact) mass is 289 g/mol. The van der Waals surface area contributed by atoms with Crippen LogP contribution in [0.2, 0.25) is 0 Å². The third-order valence-electron chi connectivity index (χ3n) is 4.40. The van der Waals surface area contributed by atoms with Crippen LogP contribution < -0.4 is 5.73 Å². The summed E-state index contributed by atoms with van der Waals surface area (Å²) in [6.07, 6.45) is 4.29. The first-order chi connectivity index (χ1) is 10.2. The van der Waals surface area contributed by atoms with Crippen LogP contribution in [0.25, 0.3) is 11.4 Å². The lowest BCUT2D eigenvalue weighted by molar-refractivity contribution is 0.275. The van der Waals surface area contributed by atoms with Crippen molar-refractivity contribution in [3.8, 4) is 11.4 Å². The zero-order chi connectivity index (χ0) is 14.8. The van der Waals surface area contributed by atoms with Gasteiger partial charge in [-0.1, -0.05) is 17.3 Å². The summed E-state index contributed by atoms with van der Waals surface area (Å²) >= 11 is 0. The molecule has 2 N–H and O–H groups in total. The lowest BCUT2D eigenvalue weighted by Crippen LogP contribution is -2.20. The minimum absolute atomic E-state index is 0.248. The molecule has 1 aromatic carbocycles. The van der Waals surface area contributed by atoms with Crippen LogP contribution in [-0.4, -0.2) is 16.7 Å². The van der Waals surface area contributed by atoms with Gasteiger partial charge < -0.3 is 10.3 Å². The Balaban J connectivity index is 1.76. The molecule has 1 aliphatic carbocycles. The summed E-state index contributed by atoms with van der Waals surface area (Å²) in [4.78, 5) is 4.45. The molecule has 0 amide bonds. The summed E-state index contributed by atoms with van der Waals surface area (Å²) < 4.78 is 19.0. The number of halogens is 1. The van der Waals surface area contributed by atoms with Gasteiger partial charge in [0.1, 0.15) is 5.82 Å². The quantitative estimate of drug-likeness (QED) is 0.940. The second-order valence-electron chi connectivity index (χ2n) is 5.87. The van der Waals surface area contributed by atoms with E-state index in [1.54, 1.807) is 13.0 Å². The van der Waals surface area contributed by atoms with Crippen molar-refractivity contribution in [2.45, 2.75) is 38.5 Å². The highest BCUT2D eigenvalue weighted by molar-refractivity contribution is 5.55. The first-order valence-electron chi connectivity index (χ1n) is 7.47. The average Bonchev–Trinajstić information content (AvgIpc) is 3.00. The fourth-order valence-electron chi connectivity index (χ4n) is 2.90. The van der Waals surface area contributed by atoms with Crippen LogP contribution in [0.4, 0.5) is 4.39 Å². The van der Waals surface area contributed by atoms with Gasteiger partial charge in [0.25, 0.3) is 0 Å². The molecular weight excluding hydrogens is 269 g/mol. The Morgan fingerprint density at radius 2 is 2.05 bits per heavy atom. The highest BCUT2D eigenvalue weighted by Gasteiger charge is 2.26. The van der Waals surface area contributed by atoms with Crippen LogP contribution in [0.15, 0.2) is 22.7 Å². The van der Waals surface area contributed by atoms with E-state index in [-0.39, 0.29) is 5.82 Å². The van der Waals surface area contributed by atoms with E-state index in [1.165, 1.54) is 6.07 Å². The van der Waals surface area contributed by atoms with E-state index in [2.05, 4.69) is 10.1 Å². The van der Waals surface area contributed by atoms with Crippen LogP contribution in [0, 0.1) is 18.7 Å². The number of hydrogen-bond donors (Lipinski definition) is 1. The van der Waals surface area contributed by atoms with Crippen molar-refractivity contribution in [2.75, 3.05) is 6.54 Å². The van der Waals surface area contributed by atoms with Gasteiger partial charge in [-0.3, -0.25) is 0 Å². The topological polar surface area (TPSA) is 64.9 Å². The lowest BCUT2D eigenvalue weighted by atomic mass is 9.82. The second-order valence-corrected chi connectivity index (χ2v) is 5.87. The third-order valence-corrected chi connectivity index (χ3v) is 4.40. The lowest BCUT2D eigenvalue weighted by Gasteiger charge is -2.24. The van der Waals surface area contributed by atoms with E-state index in [9.17, 15) is 4.39 Å². The molecule has 1 saturated carbocycles. The first kappa shape index (κ1) is 14.2. The van der Waals surface area contributed by atoms with Gasteiger partial charge in [0, 0.05) is 11.5 Å². The molecule has 112 valence electrons. The maximum absolute atomic E-state index is 13.6. The summed E-state index contributed by atoms with van der Waals surface area (Å²) in [6, 6.07) is 5.00. The minimum Gasteiger partial charge on any atom is -0.339 e. The summed E-state index contributed by atoms with van der Waals surface area (Å²) in [6.45, 7) is 2.49. The van der Waals surface area contributed by atoms with Crippen LogP contribution in [-0.2, 0) is 0 Å². The molecule has 0 saturated heterocycles. The Hall–Kier alpha value is -1.75. The number of aryl methyl sites for hydroxylation is 1. The smallest absolute Gasteiger partial charge is 0.230 e. The van der Waals surface area contributed by atoms with Crippen molar-refractivity contribution in [3.63, 3.8) is 0 Å². The SMILES string of the molecule is Cc1ccc(-c2noc(C3CCC(CN)CC3)n2)cc1F. The molecule has 1 aliphatic rings. The van der Waals surface area contributed by atoms with Gasteiger partial charge >= 0.3 is 0 Å². The largest absolute Gasteiger partial charge is 0.339 e. The highest BCUT2D eigenvalue weighted by Crippen LogP contribution is 2.35. The number of aromatic nitrogens is 2. The molecule has 1 heterocycles. The average molecular weight is 289 g/mol. The van der Waals surface area contributed by atoms with Crippen molar-refractivity contribution in [1.82, 2.24) is 10.1 Å². The molecule has 0 unspecified atom stereocenters. The zero-order valence-corrected chi connectivity index (χ0v) is 12.2. The van der Waals surface area contributed by atoms with Crippen molar-refractivity contribution in [3.05, 3.63) is 35.5 Å². The number of nitrogens with zero attached hydrogens (tertiary/aromatic N) is 2. The van der Waals surface area contributed by atoms with E-state index in [0.29, 0.717) is 34.7 Å². The fraction of sp³-hybridized carbons (Fsp3) is 0.500. The normalized spacial score (nSPS) is 22.4. The molecule has 5 heteroatoms. The molecule has 2 aromatic rings. The van der Waals surface area contributed by atoms with E-state index in [1.807, 2.05) is 6.07 Å². The van der Waals surface area contributed by atoms with Crippen LogP contribution in [0.3, 0.4) is 0 Å². The van der Waals surface area contributed by atoms with Gasteiger partial charge in [0.15, 0.2) is 0 Å². The van der Waals surface area contributed by atoms with Gasteiger partial charge in [-0.2, -0.15) is 4.98 Å². The number of rotatable bonds is 3. The third kappa shape index (κ3) is 2.97. The molecule has 0 bridgehead atoms. The maximum atomic E-state index is 13.6. The summed E-state index contributed by atoms with van der Waals surface area (Å²) in [5.41, 5.74) is 6.98. The Labute approximate surface area is 123 Å². The summed E-state index contributed by atoms with van der Waals surface area (Å²) in [7, 11) is 0. The van der Waals surface area contributed by atoms with E-state index in [0.717, 1.165) is 32.2 Å². The Bertz CT molecular complexity index is 618. The Morgan fingerprint density at radius 1 is 1.29 bits per heavy atom. The van der Waals surface area contributed by atoms with Gasteiger partial charge in [-0.05, 0) is 56.7 Å². The highest BCUT2D eigenvalue weighted by atomic mass is 19.1. The van der Waals surface area contributed by atoms with E-state index in [4.69, 9.17) is 10.3 Å². The van der Waals surface area contributed by atoms with Gasteiger partial charge in [-0.25, -0.2) is 4.39 Å². The molecule has 1 aromatic heterocycles. The van der Waals surface area contributed by atoms with E-state index < -0.39 is 0 Å².